The molecule has 2 atom stereocenters. The lowest BCUT2D eigenvalue weighted by molar-refractivity contribution is -0.144. The minimum atomic E-state index is -0.888. The molecule has 2 unspecified atom stereocenters. The van der Waals surface area contributed by atoms with Crippen molar-refractivity contribution in [2.75, 3.05) is 13.1 Å². The van der Waals surface area contributed by atoms with Gasteiger partial charge in [-0.3, -0.25) is 0 Å². The van der Waals surface area contributed by atoms with Gasteiger partial charge in [-0.15, -0.1) is 0 Å². The van der Waals surface area contributed by atoms with Gasteiger partial charge in [-0.25, -0.2) is 9.59 Å². The first-order valence-electron chi connectivity index (χ1n) is 7.73. The minimum absolute atomic E-state index is 0.226. The molecule has 1 fully saturated rings. The van der Waals surface area contributed by atoms with Crippen molar-refractivity contribution in [3.63, 3.8) is 0 Å². The number of carboxylic acids is 1. The number of rotatable bonds is 6. The van der Waals surface area contributed by atoms with E-state index in [4.69, 9.17) is 0 Å². The van der Waals surface area contributed by atoms with Gasteiger partial charge in [-0.05, 0) is 37.5 Å². The third-order valence-corrected chi connectivity index (χ3v) is 4.07. The highest BCUT2D eigenvalue weighted by atomic mass is 16.4. The number of carbonyl (C=O) groups excluding carboxylic acids is 1. The van der Waals surface area contributed by atoms with Crippen molar-refractivity contribution in [3.05, 3.63) is 0 Å². The summed E-state index contributed by atoms with van der Waals surface area (Å²) in [5, 5.41) is 12.1. The van der Waals surface area contributed by atoms with Crippen LogP contribution >= 0.6 is 0 Å². The molecule has 1 aliphatic rings. The van der Waals surface area contributed by atoms with Crippen molar-refractivity contribution in [1.29, 1.82) is 0 Å². The molecular formula is C15H28N2O3. The van der Waals surface area contributed by atoms with Gasteiger partial charge >= 0.3 is 12.0 Å². The molecule has 0 aromatic carbocycles. The largest absolute Gasteiger partial charge is 0.480 e. The van der Waals surface area contributed by atoms with Crippen LogP contribution < -0.4 is 5.32 Å². The molecule has 0 spiro atoms. The summed E-state index contributed by atoms with van der Waals surface area (Å²) in [6, 6.07) is -0.894. The topological polar surface area (TPSA) is 69.6 Å². The van der Waals surface area contributed by atoms with Crippen LogP contribution in [0.2, 0.25) is 0 Å². The van der Waals surface area contributed by atoms with E-state index in [0.717, 1.165) is 25.7 Å². The highest BCUT2D eigenvalue weighted by molar-refractivity contribution is 5.82. The van der Waals surface area contributed by atoms with Gasteiger partial charge in [0.2, 0.25) is 0 Å². The summed E-state index contributed by atoms with van der Waals surface area (Å²) in [5.41, 5.74) is 0. The molecule has 0 aromatic rings. The number of urea groups is 1. The number of likely N-dealkylation sites (tertiary alicyclic amines) is 1. The van der Waals surface area contributed by atoms with E-state index in [1.807, 2.05) is 0 Å². The molecule has 2 N–H and O–H groups in total. The standard InChI is InChI=1S/C15H28N2O3/c1-4-12-7-9-17(13(10-12)14(18)19)15(20)16-8-5-6-11(2)3/h11-13H,4-10H2,1-3H3,(H,16,20)(H,18,19). The fourth-order valence-electron chi connectivity index (χ4n) is 2.69. The molecular weight excluding hydrogens is 256 g/mol. The lowest BCUT2D eigenvalue weighted by Gasteiger charge is -2.36. The Kier molecular flexibility index (Phi) is 6.82. The quantitative estimate of drug-likeness (QED) is 0.737. The minimum Gasteiger partial charge on any atom is -0.480 e. The highest BCUT2D eigenvalue weighted by Gasteiger charge is 2.35. The number of nitrogens with one attached hydrogen (secondary N) is 1. The van der Waals surface area contributed by atoms with Crippen molar-refractivity contribution >= 4 is 12.0 Å². The second kappa shape index (κ2) is 8.12. The maximum atomic E-state index is 12.1. The number of hydrogen-bond donors (Lipinski definition) is 2. The van der Waals surface area contributed by atoms with Crippen molar-refractivity contribution < 1.29 is 14.7 Å². The van der Waals surface area contributed by atoms with Crippen molar-refractivity contribution in [2.24, 2.45) is 11.8 Å². The molecule has 1 aliphatic heterocycles. The van der Waals surface area contributed by atoms with Gasteiger partial charge in [0.25, 0.3) is 0 Å². The zero-order valence-electron chi connectivity index (χ0n) is 12.9. The molecule has 116 valence electrons. The van der Waals surface area contributed by atoms with Crippen molar-refractivity contribution in [2.45, 2.75) is 58.9 Å². The van der Waals surface area contributed by atoms with Crippen LogP contribution in [0.5, 0.6) is 0 Å². The molecule has 1 heterocycles. The highest BCUT2D eigenvalue weighted by Crippen LogP contribution is 2.25. The lowest BCUT2D eigenvalue weighted by Crippen LogP contribution is -2.53. The number of carbonyl (C=O) groups is 2. The van der Waals surface area contributed by atoms with Crippen LogP contribution in [-0.2, 0) is 4.79 Å². The molecule has 5 nitrogen and oxygen atoms in total. The molecule has 0 aromatic heterocycles. The first-order chi connectivity index (χ1) is 9.45. The summed E-state index contributed by atoms with van der Waals surface area (Å²) in [6.45, 7) is 7.55. The van der Waals surface area contributed by atoms with Crippen molar-refractivity contribution in [3.8, 4) is 0 Å². The predicted octanol–water partition coefficient (Wildman–Crippen LogP) is 2.71. The van der Waals surface area contributed by atoms with Gasteiger partial charge in [0.15, 0.2) is 0 Å². The maximum absolute atomic E-state index is 12.1. The van der Waals surface area contributed by atoms with Gasteiger partial charge in [0, 0.05) is 13.1 Å². The average Bonchev–Trinajstić information content (AvgIpc) is 2.42. The van der Waals surface area contributed by atoms with Crippen molar-refractivity contribution in [1.82, 2.24) is 10.2 Å². The second-order valence-corrected chi connectivity index (χ2v) is 6.11. The van der Waals surface area contributed by atoms with E-state index < -0.39 is 12.0 Å². The smallest absolute Gasteiger partial charge is 0.326 e. The van der Waals surface area contributed by atoms with E-state index in [1.54, 1.807) is 0 Å². The Morgan fingerprint density at radius 1 is 1.40 bits per heavy atom. The number of amides is 2. The summed E-state index contributed by atoms with van der Waals surface area (Å²) >= 11 is 0. The van der Waals surface area contributed by atoms with E-state index in [-0.39, 0.29) is 6.03 Å². The van der Waals surface area contributed by atoms with E-state index >= 15 is 0 Å². The van der Waals surface area contributed by atoms with Crippen LogP contribution in [0.25, 0.3) is 0 Å². The Morgan fingerprint density at radius 2 is 2.10 bits per heavy atom. The van der Waals surface area contributed by atoms with Gasteiger partial charge in [-0.1, -0.05) is 27.2 Å². The normalized spacial score (nSPS) is 22.9. The van der Waals surface area contributed by atoms with Gasteiger partial charge < -0.3 is 15.3 Å². The Balaban J connectivity index is 2.46. The second-order valence-electron chi connectivity index (χ2n) is 6.11. The summed E-state index contributed by atoms with van der Waals surface area (Å²) in [5.74, 6) is 0.153. The molecule has 2 amide bonds. The summed E-state index contributed by atoms with van der Waals surface area (Å²) in [4.78, 5) is 24.9. The van der Waals surface area contributed by atoms with E-state index in [2.05, 4.69) is 26.1 Å². The molecule has 1 rings (SSSR count). The van der Waals surface area contributed by atoms with Crippen LogP contribution in [0, 0.1) is 11.8 Å². The molecule has 0 bridgehead atoms. The Hall–Kier alpha value is -1.26. The summed E-state index contributed by atoms with van der Waals surface area (Å²) in [6.07, 6.45) is 4.46. The van der Waals surface area contributed by atoms with Gasteiger partial charge in [0.05, 0.1) is 0 Å². The Bertz CT molecular complexity index is 331. The number of piperidine rings is 1. The van der Waals surface area contributed by atoms with Crippen LogP contribution in [0.15, 0.2) is 0 Å². The first kappa shape index (κ1) is 16.8. The Labute approximate surface area is 121 Å². The predicted molar refractivity (Wildman–Crippen MR) is 78.6 cm³/mol. The fourth-order valence-corrected chi connectivity index (χ4v) is 2.69. The van der Waals surface area contributed by atoms with Crippen LogP contribution in [0.4, 0.5) is 4.79 Å². The zero-order chi connectivity index (χ0) is 15.1. The third-order valence-electron chi connectivity index (χ3n) is 4.07. The van der Waals surface area contributed by atoms with Crippen LogP contribution in [-0.4, -0.2) is 41.1 Å². The molecule has 0 saturated carbocycles. The first-order valence-corrected chi connectivity index (χ1v) is 7.73. The monoisotopic (exact) mass is 284 g/mol. The average molecular weight is 284 g/mol. The number of aliphatic carboxylic acids is 1. The van der Waals surface area contributed by atoms with Crippen LogP contribution in [0.3, 0.4) is 0 Å². The summed E-state index contributed by atoms with van der Waals surface area (Å²) in [7, 11) is 0. The summed E-state index contributed by atoms with van der Waals surface area (Å²) < 4.78 is 0. The van der Waals surface area contributed by atoms with E-state index in [0.29, 0.717) is 31.3 Å². The molecule has 0 aliphatic carbocycles. The molecule has 5 heteroatoms. The van der Waals surface area contributed by atoms with Crippen LogP contribution in [0.1, 0.15) is 52.9 Å². The lowest BCUT2D eigenvalue weighted by atomic mass is 9.89. The zero-order valence-corrected chi connectivity index (χ0v) is 12.9. The molecule has 20 heavy (non-hydrogen) atoms. The third kappa shape index (κ3) is 5.02. The van der Waals surface area contributed by atoms with E-state index in [1.165, 1.54) is 4.90 Å². The number of hydrogen-bond acceptors (Lipinski definition) is 2. The molecule has 1 saturated heterocycles. The Morgan fingerprint density at radius 3 is 2.65 bits per heavy atom. The SMILES string of the molecule is CCC1CCN(C(=O)NCCCC(C)C)C(C(=O)O)C1. The fraction of sp³-hybridized carbons (Fsp3) is 0.867. The maximum Gasteiger partial charge on any atom is 0.326 e. The van der Waals surface area contributed by atoms with E-state index in [9.17, 15) is 14.7 Å². The van der Waals surface area contributed by atoms with Gasteiger partial charge in [-0.2, -0.15) is 0 Å². The number of nitrogens with zero attached hydrogens (tertiary/aromatic N) is 1. The van der Waals surface area contributed by atoms with Gasteiger partial charge in [0.1, 0.15) is 6.04 Å². The molecule has 0 radical (unpaired) electrons. The number of carboxylic acid groups (broad SMARTS) is 1.